The van der Waals surface area contributed by atoms with E-state index >= 15 is 0 Å². The van der Waals surface area contributed by atoms with Gasteiger partial charge >= 0.3 is 5.97 Å². The van der Waals surface area contributed by atoms with Crippen molar-refractivity contribution in [1.82, 2.24) is 4.98 Å². The van der Waals surface area contributed by atoms with Gasteiger partial charge in [0.15, 0.2) is 5.58 Å². The molecule has 3 aromatic rings. The number of aromatic nitrogens is 1. The molecule has 0 atom stereocenters. The number of nitrogens with zero attached hydrogens (tertiary/aromatic N) is 2. The van der Waals surface area contributed by atoms with Crippen LogP contribution in [0.5, 0.6) is 5.75 Å². The Labute approximate surface area is 157 Å². The van der Waals surface area contributed by atoms with Crippen molar-refractivity contribution in [2.75, 3.05) is 25.1 Å². The van der Waals surface area contributed by atoms with E-state index in [2.05, 4.69) is 9.88 Å². The summed E-state index contributed by atoms with van der Waals surface area (Å²) in [7, 11) is 1.63. The lowest BCUT2D eigenvalue weighted by molar-refractivity contribution is -0.150. The lowest BCUT2D eigenvalue weighted by atomic mass is 9.97. The Hall–Kier alpha value is -3.02. The Morgan fingerprint density at radius 3 is 2.59 bits per heavy atom. The highest BCUT2D eigenvalue weighted by atomic mass is 16.5. The normalized spacial score (nSPS) is 15.1. The molecule has 27 heavy (non-hydrogen) atoms. The molecule has 0 radical (unpaired) electrons. The van der Waals surface area contributed by atoms with Crippen molar-refractivity contribution in [3.8, 4) is 5.75 Å². The SMILES string of the molecule is COc1ccc(COC(=O)C2CCN(c3nc4ccccc4o3)CC2)cc1. The summed E-state index contributed by atoms with van der Waals surface area (Å²) in [4.78, 5) is 19.0. The first kappa shape index (κ1) is 17.4. The van der Waals surface area contributed by atoms with Gasteiger partial charge in [-0.25, -0.2) is 0 Å². The standard InChI is InChI=1S/C21H22N2O4/c1-25-17-8-6-15(7-9-17)14-26-20(24)16-10-12-23(13-11-16)21-22-18-4-2-3-5-19(18)27-21/h2-9,16H,10-14H2,1H3. The predicted octanol–water partition coefficient (Wildman–Crippen LogP) is 3.80. The van der Waals surface area contributed by atoms with Crippen LogP contribution in [0.15, 0.2) is 52.9 Å². The molecule has 0 saturated carbocycles. The minimum atomic E-state index is -0.136. The highest BCUT2D eigenvalue weighted by Crippen LogP contribution is 2.27. The first-order valence-corrected chi connectivity index (χ1v) is 9.13. The molecule has 1 aliphatic rings. The number of ether oxygens (including phenoxy) is 2. The van der Waals surface area contributed by atoms with Gasteiger partial charge in [0.25, 0.3) is 6.01 Å². The van der Waals surface area contributed by atoms with E-state index in [0.717, 1.165) is 48.3 Å². The number of rotatable bonds is 5. The number of benzene rings is 2. The van der Waals surface area contributed by atoms with Crippen LogP contribution in [-0.2, 0) is 16.1 Å². The van der Waals surface area contributed by atoms with Crippen LogP contribution >= 0.6 is 0 Å². The van der Waals surface area contributed by atoms with Gasteiger partial charge in [0.05, 0.1) is 13.0 Å². The van der Waals surface area contributed by atoms with E-state index < -0.39 is 0 Å². The van der Waals surface area contributed by atoms with Crippen LogP contribution in [0.1, 0.15) is 18.4 Å². The van der Waals surface area contributed by atoms with Crippen molar-refractivity contribution in [3.63, 3.8) is 0 Å². The van der Waals surface area contributed by atoms with E-state index in [1.165, 1.54) is 0 Å². The quantitative estimate of drug-likeness (QED) is 0.640. The number of carbonyl (C=O) groups excluding carboxylic acids is 1. The average Bonchev–Trinajstić information content (AvgIpc) is 3.17. The maximum absolute atomic E-state index is 12.4. The van der Waals surface area contributed by atoms with Gasteiger partial charge in [-0.05, 0) is 42.7 Å². The first-order valence-electron chi connectivity index (χ1n) is 9.13. The second-order valence-electron chi connectivity index (χ2n) is 6.68. The molecule has 1 fully saturated rings. The molecule has 0 amide bonds. The van der Waals surface area contributed by atoms with Crippen molar-refractivity contribution in [2.45, 2.75) is 19.4 Å². The van der Waals surface area contributed by atoms with Crippen molar-refractivity contribution in [1.29, 1.82) is 0 Å². The number of methoxy groups -OCH3 is 1. The molecular formula is C21H22N2O4. The molecule has 2 heterocycles. The molecule has 0 bridgehead atoms. The van der Waals surface area contributed by atoms with Gasteiger partial charge in [-0.3, -0.25) is 4.79 Å². The maximum atomic E-state index is 12.4. The number of carbonyl (C=O) groups is 1. The third-order valence-electron chi connectivity index (χ3n) is 4.92. The summed E-state index contributed by atoms with van der Waals surface area (Å²) in [5.41, 5.74) is 2.59. The zero-order chi connectivity index (χ0) is 18.6. The number of hydrogen-bond acceptors (Lipinski definition) is 6. The summed E-state index contributed by atoms with van der Waals surface area (Å²) in [6.07, 6.45) is 1.47. The largest absolute Gasteiger partial charge is 0.497 e. The molecule has 0 unspecified atom stereocenters. The van der Waals surface area contributed by atoms with Crippen LogP contribution in [0.3, 0.4) is 0 Å². The van der Waals surface area contributed by atoms with Gasteiger partial charge in [0, 0.05) is 13.1 Å². The fraction of sp³-hybridized carbons (Fsp3) is 0.333. The lowest BCUT2D eigenvalue weighted by Crippen LogP contribution is -2.37. The van der Waals surface area contributed by atoms with Gasteiger partial charge < -0.3 is 18.8 Å². The van der Waals surface area contributed by atoms with Crippen LogP contribution in [0, 0.1) is 5.92 Å². The topological polar surface area (TPSA) is 64.8 Å². The summed E-state index contributed by atoms with van der Waals surface area (Å²) >= 11 is 0. The molecule has 6 heteroatoms. The third kappa shape index (κ3) is 3.89. The first-order chi connectivity index (χ1) is 13.2. The van der Waals surface area contributed by atoms with E-state index in [4.69, 9.17) is 13.9 Å². The molecule has 2 aromatic carbocycles. The molecule has 0 spiro atoms. The summed E-state index contributed by atoms with van der Waals surface area (Å²) < 4.78 is 16.4. The van der Waals surface area contributed by atoms with Crippen molar-refractivity contribution < 1.29 is 18.7 Å². The number of hydrogen-bond donors (Lipinski definition) is 0. The Morgan fingerprint density at radius 2 is 1.89 bits per heavy atom. The molecule has 0 N–H and O–H groups in total. The minimum Gasteiger partial charge on any atom is -0.497 e. The number of fused-ring (bicyclic) bond motifs is 1. The van der Waals surface area contributed by atoms with Gasteiger partial charge in [-0.1, -0.05) is 24.3 Å². The van der Waals surface area contributed by atoms with Crippen molar-refractivity contribution >= 4 is 23.1 Å². The second kappa shape index (κ2) is 7.70. The van der Waals surface area contributed by atoms with Gasteiger partial charge in [-0.15, -0.1) is 0 Å². The van der Waals surface area contributed by atoms with Gasteiger partial charge in [0.1, 0.15) is 17.9 Å². The maximum Gasteiger partial charge on any atom is 0.309 e. The van der Waals surface area contributed by atoms with Crippen LogP contribution < -0.4 is 9.64 Å². The van der Waals surface area contributed by atoms with Crippen molar-refractivity contribution in [2.24, 2.45) is 5.92 Å². The van der Waals surface area contributed by atoms with Crippen LogP contribution in [0.25, 0.3) is 11.1 Å². The van der Waals surface area contributed by atoms with Gasteiger partial charge in [0.2, 0.25) is 0 Å². The van der Waals surface area contributed by atoms with Crippen LogP contribution in [-0.4, -0.2) is 31.2 Å². The summed E-state index contributed by atoms with van der Waals surface area (Å²) in [5, 5.41) is 0. The molecule has 4 rings (SSSR count). The Morgan fingerprint density at radius 1 is 1.15 bits per heavy atom. The van der Waals surface area contributed by atoms with E-state index in [1.807, 2.05) is 48.5 Å². The molecule has 140 valence electrons. The number of oxazole rings is 1. The number of anilines is 1. The number of esters is 1. The summed E-state index contributed by atoms with van der Waals surface area (Å²) in [6.45, 7) is 1.75. The van der Waals surface area contributed by atoms with E-state index in [1.54, 1.807) is 7.11 Å². The zero-order valence-corrected chi connectivity index (χ0v) is 15.3. The highest BCUT2D eigenvalue weighted by molar-refractivity contribution is 5.75. The van der Waals surface area contributed by atoms with Crippen LogP contribution in [0.2, 0.25) is 0 Å². The lowest BCUT2D eigenvalue weighted by Gasteiger charge is -2.29. The molecular weight excluding hydrogens is 344 g/mol. The van der Waals surface area contributed by atoms with Crippen molar-refractivity contribution in [3.05, 3.63) is 54.1 Å². The van der Waals surface area contributed by atoms with E-state index in [-0.39, 0.29) is 18.5 Å². The minimum absolute atomic E-state index is 0.0797. The fourth-order valence-electron chi connectivity index (χ4n) is 3.30. The average molecular weight is 366 g/mol. The van der Waals surface area contributed by atoms with E-state index in [9.17, 15) is 4.79 Å². The monoisotopic (exact) mass is 366 g/mol. The highest BCUT2D eigenvalue weighted by Gasteiger charge is 2.28. The number of piperidine rings is 1. The fourth-order valence-corrected chi connectivity index (χ4v) is 3.30. The van der Waals surface area contributed by atoms with Gasteiger partial charge in [-0.2, -0.15) is 4.98 Å². The second-order valence-corrected chi connectivity index (χ2v) is 6.68. The third-order valence-corrected chi connectivity index (χ3v) is 4.92. The number of para-hydroxylation sites is 2. The van der Waals surface area contributed by atoms with E-state index in [0.29, 0.717) is 6.01 Å². The summed E-state index contributed by atoms with van der Waals surface area (Å²) in [5.74, 6) is 0.573. The molecule has 1 aromatic heterocycles. The molecule has 0 aliphatic carbocycles. The Kier molecular flexibility index (Phi) is 4.96. The molecule has 1 saturated heterocycles. The Bertz CT molecular complexity index is 878. The van der Waals surface area contributed by atoms with Crippen LogP contribution in [0.4, 0.5) is 6.01 Å². The summed E-state index contributed by atoms with van der Waals surface area (Å²) in [6, 6.07) is 15.9. The predicted molar refractivity (Wildman–Crippen MR) is 102 cm³/mol. The molecule has 1 aliphatic heterocycles. The molecule has 6 nitrogen and oxygen atoms in total. The smallest absolute Gasteiger partial charge is 0.309 e. The zero-order valence-electron chi connectivity index (χ0n) is 15.3. The Balaban J connectivity index is 1.29.